The lowest BCUT2D eigenvalue weighted by molar-refractivity contribution is -0.125. The minimum atomic E-state index is -1.19. The van der Waals surface area contributed by atoms with Crippen LogP contribution in [0.1, 0.15) is 20.8 Å². The van der Waals surface area contributed by atoms with Gasteiger partial charge in [0.2, 0.25) is 0 Å². The lowest BCUT2D eigenvalue weighted by atomic mass is 10.2. The number of hydrazine groups is 1. The summed E-state index contributed by atoms with van der Waals surface area (Å²) in [6.45, 7) is 6.33. The number of carbonyl (C=O) groups excluding carboxylic acids is 1. The first-order chi connectivity index (χ1) is 8.74. The lowest BCUT2D eigenvalue weighted by Gasteiger charge is -2.32. The second kappa shape index (κ2) is 7.51. The van der Waals surface area contributed by atoms with Crippen LogP contribution in [0.3, 0.4) is 0 Å². The SMILES string of the molecule is CON1CCN(C(=O)O)N(C(=O)OC(C)(C)C)CC1.Cl. The number of rotatable bonds is 1. The van der Waals surface area contributed by atoms with Crippen LogP contribution in [-0.4, -0.2) is 71.3 Å². The predicted molar refractivity (Wildman–Crippen MR) is 73.5 cm³/mol. The maximum absolute atomic E-state index is 12.0. The Balaban J connectivity index is 0.00000361. The van der Waals surface area contributed by atoms with E-state index in [-0.39, 0.29) is 25.5 Å². The molecule has 9 heteroatoms. The van der Waals surface area contributed by atoms with Crippen molar-refractivity contribution in [3.8, 4) is 0 Å². The van der Waals surface area contributed by atoms with Gasteiger partial charge in [-0.05, 0) is 20.8 Å². The van der Waals surface area contributed by atoms with Crippen molar-refractivity contribution in [2.75, 3.05) is 33.3 Å². The highest BCUT2D eigenvalue weighted by atomic mass is 35.5. The van der Waals surface area contributed by atoms with Crippen molar-refractivity contribution in [1.82, 2.24) is 15.1 Å². The van der Waals surface area contributed by atoms with E-state index >= 15 is 0 Å². The third-order valence-electron chi connectivity index (χ3n) is 2.50. The molecule has 2 amide bonds. The largest absolute Gasteiger partial charge is 0.464 e. The molecule has 1 heterocycles. The molecule has 1 fully saturated rings. The summed E-state index contributed by atoms with van der Waals surface area (Å²) in [6, 6.07) is 0. The first-order valence-electron chi connectivity index (χ1n) is 6.04. The number of hydroxylamine groups is 2. The maximum atomic E-state index is 12.0. The standard InChI is InChI=1S/C11H21N3O5.ClH/c1-11(2,3)19-10(17)14-8-6-12(18-4)5-7-13(14)9(15)16;/h5-8H2,1-4H3,(H,15,16);1H. The summed E-state index contributed by atoms with van der Waals surface area (Å²) in [5.41, 5.74) is -0.672. The molecule has 1 N–H and O–H groups in total. The summed E-state index contributed by atoms with van der Waals surface area (Å²) in [4.78, 5) is 28.3. The van der Waals surface area contributed by atoms with Crippen molar-refractivity contribution in [3.63, 3.8) is 0 Å². The third kappa shape index (κ3) is 5.40. The molecule has 0 aromatic carbocycles. The van der Waals surface area contributed by atoms with Gasteiger partial charge in [0, 0.05) is 13.1 Å². The molecule has 0 bridgehead atoms. The fourth-order valence-electron chi connectivity index (χ4n) is 1.65. The average molecular weight is 312 g/mol. The Bertz CT molecular complexity index is 347. The van der Waals surface area contributed by atoms with E-state index in [1.54, 1.807) is 25.8 Å². The highest BCUT2D eigenvalue weighted by Gasteiger charge is 2.32. The van der Waals surface area contributed by atoms with Crippen LogP contribution in [0.15, 0.2) is 0 Å². The van der Waals surface area contributed by atoms with Gasteiger partial charge in [-0.1, -0.05) is 0 Å². The predicted octanol–water partition coefficient (Wildman–Crippen LogP) is 1.42. The normalized spacial score (nSPS) is 17.2. The number of amides is 2. The molecule has 0 aliphatic carbocycles. The number of nitrogens with zero attached hydrogens (tertiary/aromatic N) is 3. The third-order valence-corrected chi connectivity index (χ3v) is 2.50. The summed E-state index contributed by atoms with van der Waals surface area (Å²) >= 11 is 0. The zero-order valence-corrected chi connectivity index (χ0v) is 13.0. The molecule has 1 aliphatic rings. The molecule has 0 unspecified atom stereocenters. The number of ether oxygens (including phenoxy) is 1. The lowest BCUT2D eigenvalue weighted by Crippen LogP contribution is -2.51. The topological polar surface area (TPSA) is 82.6 Å². The molecule has 1 saturated heterocycles. The molecule has 20 heavy (non-hydrogen) atoms. The van der Waals surface area contributed by atoms with Crippen LogP contribution in [0.4, 0.5) is 9.59 Å². The molecule has 0 spiro atoms. The van der Waals surface area contributed by atoms with Gasteiger partial charge in [0.1, 0.15) is 5.60 Å². The van der Waals surface area contributed by atoms with Gasteiger partial charge in [0.15, 0.2) is 0 Å². The van der Waals surface area contributed by atoms with Crippen molar-refractivity contribution < 1.29 is 24.3 Å². The highest BCUT2D eigenvalue weighted by Crippen LogP contribution is 2.13. The van der Waals surface area contributed by atoms with Crippen LogP contribution in [0.25, 0.3) is 0 Å². The number of hydrogen-bond donors (Lipinski definition) is 1. The Morgan fingerprint density at radius 2 is 1.55 bits per heavy atom. The summed E-state index contributed by atoms with van der Waals surface area (Å²) in [5, 5.41) is 12.8. The van der Waals surface area contributed by atoms with E-state index in [2.05, 4.69) is 0 Å². The molecule has 0 aromatic rings. The summed E-state index contributed by atoms with van der Waals surface area (Å²) in [6.07, 6.45) is -1.86. The molecule has 0 radical (unpaired) electrons. The van der Waals surface area contributed by atoms with Gasteiger partial charge in [0.25, 0.3) is 0 Å². The molecule has 8 nitrogen and oxygen atoms in total. The van der Waals surface area contributed by atoms with Crippen LogP contribution >= 0.6 is 12.4 Å². The van der Waals surface area contributed by atoms with Crippen molar-refractivity contribution in [3.05, 3.63) is 0 Å². The number of halogens is 1. The van der Waals surface area contributed by atoms with Gasteiger partial charge in [-0.15, -0.1) is 12.4 Å². The van der Waals surface area contributed by atoms with Crippen molar-refractivity contribution in [2.45, 2.75) is 26.4 Å². The maximum Gasteiger partial charge on any atom is 0.429 e. The van der Waals surface area contributed by atoms with Crippen LogP contribution in [0.5, 0.6) is 0 Å². The minimum absolute atomic E-state index is 0. The molecule has 118 valence electrons. The smallest absolute Gasteiger partial charge is 0.429 e. The van der Waals surface area contributed by atoms with Crippen molar-refractivity contribution in [1.29, 1.82) is 0 Å². The fraction of sp³-hybridized carbons (Fsp3) is 0.818. The number of carbonyl (C=O) groups is 2. The van der Waals surface area contributed by atoms with Crippen molar-refractivity contribution in [2.24, 2.45) is 0 Å². The molecule has 1 aliphatic heterocycles. The van der Waals surface area contributed by atoms with Crippen molar-refractivity contribution >= 4 is 24.6 Å². The fourth-order valence-corrected chi connectivity index (χ4v) is 1.65. The molecule has 1 rings (SSSR count). The summed E-state index contributed by atoms with van der Waals surface area (Å²) in [7, 11) is 1.51. The molecule has 0 aromatic heterocycles. The van der Waals surface area contributed by atoms with E-state index in [1.807, 2.05) is 0 Å². The van der Waals surface area contributed by atoms with Crippen LogP contribution < -0.4 is 0 Å². The molecular weight excluding hydrogens is 290 g/mol. The highest BCUT2D eigenvalue weighted by molar-refractivity contribution is 5.85. The summed E-state index contributed by atoms with van der Waals surface area (Å²) in [5.74, 6) is 0. The Kier molecular flexibility index (Phi) is 7.04. The van der Waals surface area contributed by atoms with E-state index in [4.69, 9.17) is 14.7 Å². The zero-order valence-electron chi connectivity index (χ0n) is 12.2. The van der Waals surface area contributed by atoms with Crippen LogP contribution in [0.2, 0.25) is 0 Å². The van der Waals surface area contributed by atoms with E-state index in [1.165, 1.54) is 7.11 Å². The van der Waals surface area contributed by atoms with Gasteiger partial charge in [-0.3, -0.25) is 0 Å². The van der Waals surface area contributed by atoms with E-state index in [0.717, 1.165) is 10.0 Å². The Labute approximate surface area is 124 Å². The monoisotopic (exact) mass is 311 g/mol. The van der Waals surface area contributed by atoms with Gasteiger partial charge in [-0.2, -0.15) is 5.06 Å². The van der Waals surface area contributed by atoms with Crippen LogP contribution in [0, 0.1) is 0 Å². The first-order valence-corrected chi connectivity index (χ1v) is 6.04. The minimum Gasteiger partial charge on any atom is -0.464 e. The second-order valence-corrected chi connectivity index (χ2v) is 5.12. The number of carboxylic acid groups (broad SMARTS) is 1. The van der Waals surface area contributed by atoms with Gasteiger partial charge in [0.05, 0.1) is 20.2 Å². The van der Waals surface area contributed by atoms with Crippen LogP contribution in [-0.2, 0) is 9.57 Å². The quantitative estimate of drug-likeness (QED) is 0.788. The Hall–Kier alpha value is -1.25. The second-order valence-electron chi connectivity index (χ2n) is 5.12. The van der Waals surface area contributed by atoms with Gasteiger partial charge < -0.3 is 14.7 Å². The molecular formula is C11H22ClN3O5. The van der Waals surface area contributed by atoms with Gasteiger partial charge >= 0.3 is 12.2 Å². The average Bonchev–Trinajstić information content (AvgIpc) is 2.48. The molecule has 0 saturated carbocycles. The first kappa shape index (κ1) is 18.8. The zero-order chi connectivity index (χ0) is 14.6. The van der Waals surface area contributed by atoms with E-state index in [9.17, 15) is 9.59 Å². The Morgan fingerprint density at radius 3 is 1.95 bits per heavy atom. The Morgan fingerprint density at radius 1 is 1.05 bits per heavy atom. The summed E-state index contributed by atoms with van der Waals surface area (Å²) < 4.78 is 5.20. The van der Waals surface area contributed by atoms with E-state index < -0.39 is 17.8 Å². The van der Waals surface area contributed by atoms with E-state index in [0.29, 0.717) is 13.1 Å². The number of hydrogen-bond acceptors (Lipinski definition) is 5. The van der Waals surface area contributed by atoms with Gasteiger partial charge in [-0.25, -0.2) is 19.6 Å². The molecule has 0 atom stereocenters.